The molecule has 3 aromatic rings. The van der Waals surface area contributed by atoms with E-state index in [1.165, 1.54) is 0 Å². The Labute approximate surface area is 176 Å². The number of nitrogens with zero attached hydrogens (tertiary/aromatic N) is 2. The van der Waals surface area contributed by atoms with E-state index in [1.54, 1.807) is 19.2 Å². The molecule has 1 N–H and O–H groups in total. The zero-order valence-corrected chi connectivity index (χ0v) is 17.2. The summed E-state index contributed by atoms with van der Waals surface area (Å²) in [5, 5.41) is 2.99. The molecule has 7 nitrogen and oxygen atoms in total. The SMILES string of the molecule is COc1ccc(Cc2nc3ccc(C(=O)NCCCN4CCOCC4)cc3o2)cc1. The number of amides is 1. The Balaban J connectivity index is 1.32. The van der Waals surface area contributed by atoms with Crippen molar-refractivity contribution in [1.29, 1.82) is 0 Å². The average molecular weight is 409 g/mol. The van der Waals surface area contributed by atoms with Gasteiger partial charge in [0.15, 0.2) is 11.5 Å². The Morgan fingerprint density at radius 2 is 1.97 bits per heavy atom. The second-order valence-electron chi connectivity index (χ2n) is 7.38. The number of morpholine rings is 1. The van der Waals surface area contributed by atoms with E-state index in [4.69, 9.17) is 13.9 Å². The summed E-state index contributed by atoms with van der Waals surface area (Å²) in [6.07, 6.45) is 1.50. The van der Waals surface area contributed by atoms with Crippen LogP contribution in [0.2, 0.25) is 0 Å². The quantitative estimate of drug-likeness (QED) is 0.577. The number of oxazole rings is 1. The summed E-state index contributed by atoms with van der Waals surface area (Å²) in [7, 11) is 1.65. The Morgan fingerprint density at radius 1 is 1.17 bits per heavy atom. The van der Waals surface area contributed by atoms with E-state index < -0.39 is 0 Å². The number of carbonyl (C=O) groups is 1. The van der Waals surface area contributed by atoms with Crippen molar-refractivity contribution in [3.05, 3.63) is 59.5 Å². The monoisotopic (exact) mass is 409 g/mol. The topological polar surface area (TPSA) is 76.8 Å². The molecule has 0 spiro atoms. The second-order valence-corrected chi connectivity index (χ2v) is 7.38. The number of nitrogens with one attached hydrogen (secondary N) is 1. The van der Waals surface area contributed by atoms with Crippen molar-refractivity contribution in [3.63, 3.8) is 0 Å². The van der Waals surface area contributed by atoms with E-state index in [2.05, 4.69) is 15.2 Å². The van der Waals surface area contributed by atoms with Crippen LogP contribution in [-0.4, -0.2) is 62.3 Å². The molecule has 1 amide bonds. The molecule has 7 heteroatoms. The molecule has 0 radical (unpaired) electrons. The number of hydrogen-bond donors (Lipinski definition) is 1. The highest BCUT2D eigenvalue weighted by atomic mass is 16.5. The Hall–Kier alpha value is -2.90. The van der Waals surface area contributed by atoms with Crippen molar-refractivity contribution in [3.8, 4) is 5.75 Å². The molecule has 4 rings (SSSR count). The number of carbonyl (C=O) groups excluding carboxylic acids is 1. The van der Waals surface area contributed by atoms with Gasteiger partial charge in [-0.1, -0.05) is 12.1 Å². The first-order valence-corrected chi connectivity index (χ1v) is 10.3. The van der Waals surface area contributed by atoms with E-state index in [0.29, 0.717) is 30.0 Å². The zero-order chi connectivity index (χ0) is 20.8. The molecule has 30 heavy (non-hydrogen) atoms. The molecule has 1 aliphatic rings. The van der Waals surface area contributed by atoms with Crippen molar-refractivity contribution in [2.24, 2.45) is 0 Å². The second kappa shape index (κ2) is 9.73. The Kier molecular flexibility index (Phi) is 6.61. The van der Waals surface area contributed by atoms with E-state index >= 15 is 0 Å². The van der Waals surface area contributed by atoms with Crippen molar-refractivity contribution in [2.75, 3.05) is 46.5 Å². The highest BCUT2D eigenvalue weighted by molar-refractivity contribution is 5.97. The number of hydrogen-bond acceptors (Lipinski definition) is 6. The highest BCUT2D eigenvalue weighted by Crippen LogP contribution is 2.20. The van der Waals surface area contributed by atoms with Crippen LogP contribution >= 0.6 is 0 Å². The van der Waals surface area contributed by atoms with Crippen LogP contribution in [-0.2, 0) is 11.2 Å². The summed E-state index contributed by atoms with van der Waals surface area (Å²) in [4.78, 5) is 19.4. The van der Waals surface area contributed by atoms with Gasteiger partial charge in [-0.05, 0) is 48.9 Å². The van der Waals surface area contributed by atoms with Gasteiger partial charge in [-0.25, -0.2) is 4.98 Å². The van der Waals surface area contributed by atoms with E-state index in [9.17, 15) is 4.79 Å². The van der Waals surface area contributed by atoms with Crippen molar-refractivity contribution in [2.45, 2.75) is 12.8 Å². The molecule has 0 aliphatic carbocycles. The van der Waals surface area contributed by atoms with Crippen molar-refractivity contribution in [1.82, 2.24) is 15.2 Å². The smallest absolute Gasteiger partial charge is 0.251 e. The summed E-state index contributed by atoms with van der Waals surface area (Å²) >= 11 is 0. The van der Waals surface area contributed by atoms with Gasteiger partial charge in [0.25, 0.3) is 5.91 Å². The lowest BCUT2D eigenvalue weighted by atomic mass is 10.1. The summed E-state index contributed by atoms with van der Waals surface area (Å²) in [5.41, 5.74) is 3.04. The molecule has 0 saturated carbocycles. The Bertz CT molecular complexity index is 978. The minimum atomic E-state index is -0.0908. The molecule has 2 aromatic carbocycles. The molecule has 1 aromatic heterocycles. The molecule has 158 valence electrons. The maximum Gasteiger partial charge on any atom is 0.251 e. The van der Waals surface area contributed by atoms with Crippen LogP contribution < -0.4 is 10.1 Å². The van der Waals surface area contributed by atoms with Crippen LogP contribution in [0.5, 0.6) is 5.75 Å². The minimum absolute atomic E-state index is 0.0908. The van der Waals surface area contributed by atoms with Gasteiger partial charge in [-0.15, -0.1) is 0 Å². The summed E-state index contributed by atoms with van der Waals surface area (Å²) in [6.45, 7) is 5.14. The fourth-order valence-corrected chi connectivity index (χ4v) is 3.54. The summed E-state index contributed by atoms with van der Waals surface area (Å²) in [5.74, 6) is 1.35. The summed E-state index contributed by atoms with van der Waals surface area (Å²) < 4.78 is 16.4. The maximum atomic E-state index is 12.5. The lowest BCUT2D eigenvalue weighted by molar-refractivity contribution is 0.0374. The first-order valence-electron chi connectivity index (χ1n) is 10.3. The molecule has 0 bridgehead atoms. The fourth-order valence-electron chi connectivity index (χ4n) is 3.54. The molecule has 2 heterocycles. The number of methoxy groups -OCH3 is 1. The largest absolute Gasteiger partial charge is 0.497 e. The Morgan fingerprint density at radius 3 is 2.73 bits per heavy atom. The number of rotatable bonds is 8. The lowest BCUT2D eigenvalue weighted by Gasteiger charge is -2.26. The van der Waals surface area contributed by atoms with Gasteiger partial charge in [0.2, 0.25) is 0 Å². The van der Waals surface area contributed by atoms with Crippen LogP contribution in [0, 0.1) is 0 Å². The lowest BCUT2D eigenvalue weighted by Crippen LogP contribution is -2.38. The van der Waals surface area contributed by atoms with Gasteiger partial charge >= 0.3 is 0 Å². The van der Waals surface area contributed by atoms with Crippen molar-refractivity contribution < 1.29 is 18.7 Å². The normalized spacial score (nSPS) is 14.7. The molecule has 1 aliphatic heterocycles. The molecule has 0 atom stereocenters. The van der Waals surface area contributed by atoms with Gasteiger partial charge in [0.1, 0.15) is 11.3 Å². The first-order chi connectivity index (χ1) is 14.7. The van der Waals surface area contributed by atoms with Crippen LogP contribution in [0.4, 0.5) is 0 Å². The number of aromatic nitrogens is 1. The third kappa shape index (κ3) is 5.17. The van der Waals surface area contributed by atoms with Gasteiger partial charge in [-0.3, -0.25) is 9.69 Å². The summed E-state index contributed by atoms with van der Waals surface area (Å²) in [6, 6.07) is 13.2. The molecule has 1 fully saturated rings. The van der Waals surface area contributed by atoms with Gasteiger partial charge in [0.05, 0.1) is 20.3 Å². The molecule has 0 unspecified atom stereocenters. The van der Waals surface area contributed by atoms with Crippen LogP contribution in [0.15, 0.2) is 46.9 Å². The van der Waals surface area contributed by atoms with Gasteiger partial charge in [-0.2, -0.15) is 0 Å². The standard InChI is InChI=1S/C23H27N3O4/c1-28-19-6-3-17(4-7-19)15-22-25-20-8-5-18(16-21(20)30-22)23(27)24-9-2-10-26-11-13-29-14-12-26/h3-8,16H,2,9-15H2,1H3,(H,24,27). The van der Waals surface area contributed by atoms with E-state index in [0.717, 1.165) is 56.1 Å². The third-order valence-electron chi connectivity index (χ3n) is 5.25. The van der Waals surface area contributed by atoms with Crippen LogP contribution in [0.1, 0.15) is 28.2 Å². The number of benzene rings is 2. The number of fused-ring (bicyclic) bond motifs is 1. The average Bonchev–Trinajstić information content (AvgIpc) is 3.19. The van der Waals surface area contributed by atoms with E-state index in [-0.39, 0.29) is 5.91 Å². The molecule has 1 saturated heterocycles. The van der Waals surface area contributed by atoms with E-state index in [1.807, 2.05) is 30.3 Å². The number of ether oxygens (including phenoxy) is 2. The highest BCUT2D eigenvalue weighted by Gasteiger charge is 2.12. The minimum Gasteiger partial charge on any atom is -0.497 e. The fraction of sp³-hybridized carbons (Fsp3) is 0.391. The van der Waals surface area contributed by atoms with Gasteiger partial charge < -0.3 is 19.2 Å². The van der Waals surface area contributed by atoms with Gasteiger partial charge in [0, 0.05) is 31.6 Å². The van der Waals surface area contributed by atoms with Crippen molar-refractivity contribution >= 4 is 17.0 Å². The molecular formula is C23H27N3O4. The molecular weight excluding hydrogens is 382 g/mol. The third-order valence-corrected chi connectivity index (χ3v) is 5.25. The van der Waals surface area contributed by atoms with Crippen LogP contribution in [0.3, 0.4) is 0 Å². The predicted octanol–water partition coefficient (Wildman–Crippen LogP) is 2.88. The van der Waals surface area contributed by atoms with Crippen LogP contribution in [0.25, 0.3) is 11.1 Å². The first kappa shape index (κ1) is 20.4. The zero-order valence-electron chi connectivity index (χ0n) is 17.2. The maximum absolute atomic E-state index is 12.5. The predicted molar refractivity (Wildman–Crippen MR) is 114 cm³/mol.